The molecular weight excluding hydrogens is 313 g/mol. The first kappa shape index (κ1) is 18.4. The van der Waals surface area contributed by atoms with E-state index < -0.39 is 6.04 Å². The van der Waals surface area contributed by atoms with E-state index in [-0.39, 0.29) is 24.1 Å². The molecule has 0 aliphatic carbocycles. The second-order valence-corrected chi connectivity index (χ2v) is 5.92. The summed E-state index contributed by atoms with van der Waals surface area (Å²) < 4.78 is 18.3. The molecule has 1 heterocycles. The summed E-state index contributed by atoms with van der Waals surface area (Å²) in [5, 5.41) is 2.80. The minimum atomic E-state index is -0.542. The Hall–Kier alpha value is -1.99. The van der Waals surface area contributed by atoms with Crippen LogP contribution in [-0.4, -0.2) is 68.1 Å². The van der Waals surface area contributed by atoms with Crippen LogP contribution in [0.15, 0.2) is 24.3 Å². The van der Waals surface area contributed by atoms with Gasteiger partial charge in [-0.3, -0.25) is 14.5 Å². The third-order valence-electron chi connectivity index (χ3n) is 4.14. The second kappa shape index (κ2) is 8.75. The van der Waals surface area contributed by atoms with Crippen LogP contribution in [0.3, 0.4) is 0 Å². The minimum Gasteiger partial charge on any atom is -0.383 e. The van der Waals surface area contributed by atoms with Gasteiger partial charge in [-0.1, -0.05) is 12.1 Å². The fourth-order valence-corrected chi connectivity index (χ4v) is 2.72. The van der Waals surface area contributed by atoms with Crippen molar-refractivity contribution in [2.24, 2.45) is 0 Å². The monoisotopic (exact) mass is 337 g/mol. The molecule has 1 unspecified atom stereocenters. The first-order valence-electron chi connectivity index (χ1n) is 8.00. The van der Waals surface area contributed by atoms with Gasteiger partial charge >= 0.3 is 0 Å². The van der Waals surface area contributed by atoms with Crippen LogP contribution in [0.1, 0.15) is 12.0 Å². The van der Waals surface area contributed by atoms with E-state index in [0.717, 1.165) is 5.56 Å². The Balaban J connectivity index is 2.03. The van der Waals surface area contributed by atoms with Gasteiger partial charge in [0.1, 0.15) is 5.82 Å². The first-order valence-corrected chi connectivity index (χ1v) is 8.00. The molecule has 1 atom stereocenters. The van der Waals surface area contributed by atoms with Gasteiger partial charge in [0.2, 0.25) is 11.8 Å². The van der Waals surface area contributed by atoms with Crippen molar-refractivity contribution < 1.29 is 18.7 Å². The van der Waals surface area contributed by atoms with Crippen LogP contribution in [0.2, 0.25) is 0 Å². The number of piperazine rings is 1. The Morgan fingerprint density at radius 2 is 2.29 bits per heavy atom. The molecule has 2 amide bonds. The lowest BCUT2D eigenvalue weighted by atomic mass is 10.1. The molecule has 1 N–H and O–H groups in total. The van der Waals surface area contributed by atoms with Gasteiger partial charge in [-0.05, 0) is 17.7 Å². The molecule has 1 aliphatic heterocycles. The molecule has 1 aliphatic rings. The maximum atomic E-state index is 13.4. The van der Waals surface area contributed by atoms with Crippen LogP contribution >= 0.6 is 0 Å². The Labute approximate surface area is 141 Å². The molecule has 24 heavy (non-hydrogen) atoms. The van der Waals surface area contributed by atoms with Crippen molar-refractivity contribution >= 4 is 11.8 Å². The van der Waals surface area contributed by atoms with Gasteiger partial charge < -0.3 is 15.0 Å². The van der Waals surface area contributed by atoms with Gasteiger partial charge in [0.05, 0.1) is 19.1 Å². The average molecular weight is 337 g/mol. The van der Waals surface area contributed by atoms with E-state index in [9.17, 15) is 14.0 Å². The SMILES string of the molecule is COCCN(C)C(=O)CC1C(=O)NCCN1Cc1cccc(F)c1. The lowest BCUT2D eigenvalue weighted by Crippen LogP contribution is -2.56. The molecule has 0 spiro atoms. The molecule has 7 heteroatoms. The van der Waals surface area contributed by atoms with Gasteiger partial charge in [0, 0.05) is 40.3 Å². The third-order valence-corrected chi connectivity index (χ3v) is 4.14. The van der Waals surface area contributed by atoms with Crippen molar-refractivity contribution in [1.29, 1.82) is 0 Å². The number of hydrogen-bond acceptors (Lipinski definition) is 4. The van der Waals surface area contributed by atoms with Gasteiger partial charge in [-0.2, -0.15) is 0 Å². The van der Waals surface area contributed by atoms with Crippen molar-refractivity contribution in [2.75, 3.05) is 40.4 Å². The van der Waals surface area contributed by atoms with E-state index in [4.69, 9.17) is 4.74 Å². The van der Waals surface area contributed by atoms with Crippen LogP contribution in [0.4, 0.5) is 4.39 Å². The highest BCUT2D eigenvalue weighted by Crippen LogP contribution is 2.15. The van der Waals surface area contributed by atoms with Gasteiger partial charge in [0.15, 0.2) is 0 Å². The third kappa shape index (κ3) is 5.01. The maximum absolute atomic E-state index is 13.4. The van der Waals surface area contributed by atoms with Gasteiger partial charge in [-0.15, -0.1) is 0 Å². The van der Waals surface area contributed by atoms with E-state index in [0.29, 0.717) is 32.8 Å². The van der Waals surface area contributed by atoms with Crippen molar-refractivity contribution in [1.82, 2.24) is 15.1 Å². The molecule has 0 radical (unpaired) electrons. The Morgan fingerprint density at radius 3 is 3.00 bits per heavy atom. The molecule has 6 nitrogen and oxygen atoms in total. The summed E-state index contributed by atoms with van der Waals surface area (Å²) in [5.74, 6) is -0.578. The number of carbonyl (C=O) groups excluding carboxylic acids is 2. The zero-order chi connectivity index (χ0) is 17.5. The molecule has 1 aromatic rings. The van der Waals surface area contributed by atoms with Gasteiger partial charge in [0.25, 0.3) is 0 Å². The van der Waals surface area contributed by atoms with Crippen molar-refractivity contribution in [2.45, 2.75) is 19.0 Å². The highest BCUT2D eigenvalue weighted by atomic mass is 19.1. The van der Waals surface area contributed by atoms with E-state index in [1.807, 2.05) is 11.0 Å². The Bertz CT molecular complexity index is 582. The predicted molar refractivity (Wildman–Crippen MR) is 87.7 cm³/mol. The molecule has 2 rings (SSSR count). The number of benzene rings is 1. The van der Waals surface area contributed by atoms with Crippen molar-refractivity contribution in [3.8, 4) is 0 Å². The molecular formula is C17H24FN3O3. The van der Waals surface area contributed by atoms with Crippen LogP contribution in [0, 0.1) is 5.82 Å². The molecule has 0 aromatic heterocycles. The quantitative estimate of drug-likeness (QED) is 0.792. The smallest absolute Gasteiger partial charge is 0.237 e. The molecule has 1 saturated heterocycles. The molecule has 1 aromatic carbocycles. The lowest BCUT2D eigenvalue weighted by Gasteiger charge is -2.35. The molecule has 1 fully saturated rings. The summed E-state index contributed by atoms with van der Waals surface area (Å²) in [6, 6.07) is 5.76. The van der Waals surface area contributed by atoms with Crippen LogP contribution in [0.25, 0.3) is 0 Å². The zero-order valence-electron chi connectivity index (χ0n) is 14.1. The van der Waals surface area contributed by atoms with Crippen LogP contribution < -0.4 is 5.32 Å². The van der Waals surface area contributed by atoms with E-state index >= 15 is 0 Å². The number of hydrogen-bond donors (Lipinski definition) is 1. The summed E-state index contributed by atoms with van der Waals surface area (Å²) >= 11 is 0. The summed E-state index contributed by atoms with van der Waals surface area (Å²) in [6.07, 6.45) is 0.0986. The van der Waals surface area contributed by atoms with Crippen molar-refractivity contribution in [3.63, 3.8) is 0 Å². The van der Waals surface area contributed by atoms with E-state index in [1.165, 1.54) is 12.1 Å². The average Bonchev–Trinajstić information content (AvgIpc) is 2.55. The maximum Gasteiger partial charge on any atom is 0.237 e. The number of methoxy groups -OCH3 is 1. The summed E-state index contributed by atoms with van der Waals surface area (Å²) in [6.45, 7) is 2.52. The van der Waals surface area contributed by atoms with E-state index in [2.05, 4.69) is 5.32 Å². The fourth-order valence-electron chi connectivity index (χ4n) is 2.72. The molecule has 132 valence electrons. The number of rotatable bonds is 7. The lowest BCUT2D eigenvalue weighted by molar-refractivity contribution is -0.138. The largest absolute Gasteiger partial charge is 0.383 e. The number of carbonyl (C=O) groups is 2. The first-order chi connectivity index (χ1) is 11.5. The Kier molecular flexibility index (Phi) is 6.69. The number of halogens is 1. The zero-order valence-corrected chi connectivity index (χ0v) is 14.1. The normalized spacial score (nSPS) is 18.3. The predicted octanol–water partition coefficient (Wildman–Crippen LogP) is 0.621. The Morgan fingerprint density at radius 1 is 1.50 bits per heavy atom. The standard InChI is InChI=1S/C17H24FN3O3/c1-20(8-9-24-2)16(22)11-15-17(23)19-6-7-21(15)12-13-4-3-5-14(18)10-13/h3-5,10,15H,6-9,11-12H2,1-2H3,(H,19,23). The van der Waals surface area contributed by atoms with Crippen molar-refractivity contribution in [3.05, 3.63) is 35.6 Å². The molecule has 0 saturated carbocycles. The highest BCUT2D eigenvalue weighted by Gasteiger charge is 2.32. The topological polar surface area (TPSA) is 61.9 Å². The summed E-state index contributed by atoms with van der Waals surface area (Å²) in [4.78, 5) is 28.0. The fraction of sp³-hybridized carbons (Fsp3) is 0.529. The number of likely N-dealkylation sites (N-methyl/N-ethyl adjacent to an activating group) is 1. The van der Waals surface area contributed by atoms with Crippen LogP contribution in [-0.2, 0) is 20.9 Å². The minimum absolute atomic E-state index is 0.0986. The number of nitrogens with one attached hydrogen (secondary N) is 1. The number of ether oxygens (including phenoxy) is 1. The summed E-state index contributed by atoms with van der Waals surface area (Å²) in [5.41, 5.74) is 0.787. The van der Waals surface area contributed by atoms with E-state index in [1.54, 1.807) is 25.1 Å². The number of amides is 2. The highest BCUT2D eigenvalue weighted by molar-refractivity contribution is 5.88. The summed E-state index contributed by atoms with van der Waals surface area (Å²) in [7, 11) is 3.27. The second-order valence-electron chi connectivity index (χ2n) is 5.92. The molecule has 0 bridgehead atoms. The van der Waals surface area contributed by atoms with Gasteiger partial charge in [-0.25, -0.2) is 4.39 Å². The number of nitrogens with zero attached hydrogens (tertiary/aromatic N) is 2. The van der Waals surface area contributed by atoms with Crippen LogP contribution in [0.5, 0.6) is 0 Å².